The molecule has 0 aromatic heterocycles. The molecule has 1 N–H and O–H groups in total. The standard InChI is InChI=1S/C28H31ClN2O2/c1-3-21(2)30-28(33)26(18-22-10-6-4-7-11-22)31(20-24-14-16-25(29)17-15-24)27(32)19-23-12-8-5-9-13-23/h4-17,21,26H,3,18-20H2,1-2H3,(H,30,33)/t21-,26-/m0/s1. The molecule has 0 heterocycles. The number of carbonyl (C=O) groups excluding carboxylic acids is 2. The van der Waals surface area contributed by atoms with Crippen LogP contribution in [-0.2, 0) is 29.0 Å². The Morgan fingerprint density at radius 3 is 2.00 bits per heavy atom. The highest BCUT2D eigenvalue weighted by Gasteiger charge is 2.30. The molecule has 3 aromatic rings. The Balaban J connectivity index is 1.95. The normalized spacial score (nSPS) is 12.6. The van der Waals surface area contributed by atoms with Crippen LogP contribution in [-0.4, -0.2) is 28.8 Å². The van der Waals surface area contributed by atoms with Crippen LogP contribution in [0.15, 0.2) is 84.9 Å². The predicted octanol–water partition coefficient (Wildman–Crippen LogP) is 5.44. The first kappa shape index (κ1) is 24.5. The maximum atomic E-state index is 13.6. The summed E-state index contributed by atoms with van der Waals surface area (Å²) in [7, 11) is 0. The van der Waals surface area contributed by atoms with Gasteiger partial charge in [0.2, 0.25) is 11.8 Å². The van der Waals surface area contributed by atoms with Gasteiger partial charge in [0.05, 0.1) is 6.42 Å². The van der Waals surface area contributed by atoms with Crippen LogP contribution in [0.25, 0.3) is 0 Å². The summed E-state index contributed by atoms with van der Waals surface area (Å²) < 4.78 is 0. The van der Waals surface area contributed by atoms with E-state index in [0.29, 0.717) is 18.0 Å². The molecule has 3 rings (SSSR count). The Morgan fingerprint density at radius 1 is 0.848 bits per heavy atom. The fourth-order valence-electron chi connectivity index (χ4n) is 3.65. The molecule has 3 aromatic carbocycles. The van der Waals surface area contributed by atoms with Gasteiger partial charge in [-0.1, -0.05) is 91.3 Å². The lowest BCUT2D eigenvalue weighted by Crippen LogP contribution is -2.52. The highest BCUT2D eigenvalue weighted by molar-refractivity contribution is 6.30. The maximum Gasteiger partial charge on any atom is 0.243 e. The number of carbonyl (C=O) groups is 2. The molecule has 172 valence electrons. The van der Waals surface area contributed by atoms with Crippen molar-refractivity contribution < 1.29 is 9.59 Å². The lowest BCUT2D eigenvalue weighted by Gasteiger charge is -2.32. The zero-order valence-electron chi connectivity index (χ0n) is 19.2. The minimum atomic E-state index is -0.631. The van der Waals surface area contributed by atoms with Crippen LogP contribution < -0.4 is 5.32 Å². The van der Waals surface area contributed by atoms with Crippen molar-refractivity contribution in [3.8, 4) is 0 Å². The molecular formula is C28H31ClN2O2. The molecule has 0 saturated carbocycles. The minimum Gasteiger partial charge on any atom is -0.352 e. The van der Waals surface area contributed by atoms with E-state index in [1.165, 1.54) is 0 Å². The largest absolute Gasteiger partial charge is 0.352 e. The fraction of sp³-hybridized carbons (Fsp3) is 0.286. The van der Waals surface area contributed by atoms with E-state index in [9.17, 15) is 9.59 Å². The van der Waals surface area contributed by atoms with Gasteiger partial charge in [-0.3, -0.25) is 9.59 Å². The predicted molar refractivity (Wildman–Crippen MR) is 134 cm³/mol. The Morgan fingerprint density at radius 2 is 1.42 bits per heavy atom. The maximum absolute atomic E-state index is 13.6. The van der Waals surface area contributed by atoms with E-state index in [1.807, 2.05) is 98.8 Å². The van der Waals surface area contributed by atoms with E-state index in [0.717, 1.165) is 23.1 Å². The second kappa shape index (κ2) is 12.2. The number of amides is 2. The number of benzene rings is 3. The Hall–Kier alpha value is -3.11. The number of nitrogens with zero attached hydrogens (tertiary/aromatic N) is 1. The molecule has 0 aliphatic heterocycles. The molecule has 0 aliphatic rings. The molecule has 0 spiro atoms. The first-order chi connectivity index (χ1) is 16.0. The van der Waals surface area contributed by atoms with Crippen molar-refractivity contribution in [1.82, 2.24) is 10.2 Å². The molecule has 33 heavy (non-hydrogen) atoms. The molecule has 0 bridgehead atoms. The third-order valence-corrected chi connectivity index (χ3v) is 5.99. The van der Waals surface area contributed by atoms with Crippen LogP contribution in [0.2, 0.25) is 5.02 Å². The summed E-state index contributed by atoms with van der Waals surface area (Å²) in [6.07, 6.45) is 1.49. The molecule has 0 unspecified atom stereocenters. The van der Waals surface area contributed by atoms with Crippen molar-refractivity contribution in [2.45, 2.75) is 51.7 Å². The number of halogens is 1. The Bertz CT molecular complexity index is 1020. The van der Waals surface area contributed by atoms with Crippen LogP contribution in [0, 0.1) is 0 Å². The summed E-state index contributed by atoms with van der Waals surface area (Å²) in [4.78, 5) is 28.7. The zero-order valence-corrected chi connectivity index (χ0v) is 20.0. The smallest absolute Gasteiger partial charge is 0.243 e. The molecule has 0 aliphatic carbocycles. The summed E-state index contributed by atoms with van der Waals surface area (Å²) in [5.41, 5.74) is 2.86. The number of nitrogens with one attached hydrogen (secondary N) is 1. The van der Waals surface area contributed by atoms with Gasteiger partial charge in [0, 0.05) is 24.0 Å². The number of hydrogen-bond acceptors (Lipinski definition) is 2. The number of rotatable bonds is 10. The summed E-state index contributed by atoms with van der Waals surface area (Å²) in [5.74, 6) is -0.222. The van der Waals surface area contributed by atoms with Gasteiger partial charge >= 0.3 is 0 Å². The van der Waals surface area contributed by atoms with Gasteiger partial charge in [-0.2, -0.15) is 0 Å². The first-order valence-electron chi connectivity index (χ1n) is 11.4. The topological polar surface area (TPSA) is 49.4 Å². The minimum absolute atomic E-state index is 0.0254. The van der Waals surface area contributed by atoms with Crippen molar-refractivity contribution in [2.75, 3.05) is 0 Å². The molecule has 5 heteroatoms. The highest BCUT2D eigenvalue weighted by Crippen LogP contribution is 2.18. The fourth-order valence-corrected chi connectivity index (χ4v) is 3.78. The van der Waals surface area contributed by atoms with Crippen LogP contribution in [0.5, 0.6) is 0 Å². The van der Waals surface area contributed by atoms with Gasteiger partial charge in [-0.15, -0.1) is 0 Å². The third kappa shape index (κ3) is 7.47. The second-order valence-electron chi connectivity index (χ2n) is 8.33. The molecule has 0 radical (unpaired) electrons. The van der Waals surface area contributed by atoms with E-state index in [1.54, 1.807) is 4.90 Å². The molecule has 2 amide bonds. The van der Waals surface area contributed by atoms with Gasteiger partial charge in [0.25, 0.3) is 0 Å². The average molecular weight is 463 g/mol. The van der Waals surface area contributed by atoms with E-state index in [4.69, 9.17) is 11.6 Å². The molecule has 2 atom stereocenters. The van der Waals surface area contributed by atoms with E-state index >= 15 is 0 Å². The van der Waals surface area contributed by atoms with Gasteiger partial charge in [0.15, 0.2) is 0 Å². The van der Waals surface area contributed by atoms with Crippen molar-refractivity contribution >= 4 is 23.4 Å². The van der Waals surface area contributed by atoms with Crippen molar-refractivity contribution in [3.05, 3.63) is 107 Å². The summed E-state index contributed by atoms with van der Waals surface area (Å²) >= 11 is 6.07. The second-order valence-corrected chi connectivity index (χ2v) is 8.77. The summed E-state index contributed by atoms with van der Waals surface area (Å²) in [5, 5.41) is 3.73. The van der Waals surface area contributed by atoms with Crippen LogP contribution >= 0.6 is 11.6 Å². The Labute approximate surface area is 201 Å². The zero-order chi connectivity index (χ0) is 23.6. The summed E-state index contributed by atoms with van der Waals surface area (Å²) in [6.45, 7) is 4.34. The molecular weight excluding hydrogens is 432 g/mol. The van der Waals surface area contributed by atoms with Gasteiger partial charge in [0.1, 0.15) is 6.04 Å². The third-order valence-electron chi connectivity index (χ3n) is 5.74. The van der Waals surface area contributed by atoms with Crippen molar-refractivity contribution in [3.63, 3.8) is 0 Å². The van der Waals surface area contributed by atoms with Gasteiger partial charge in [-0.05, 0) is 42.2 Å². The SMILES string of the molecule is CC[C@H](C)NC(=O)[C@H](Cc1ccccc1)N(Cc1ccc(Cl)cc1)C(=O)Cc1ccccc1. The van der Waals surface area contributed by atoms with Crippen LogP contribution in [0.4, 0.5) is 0 Å². The van der Waals surface area contributed by atoms with Crippen LogP contribution in [0.3, 0.4) is 0 Å². The Kier molecular flexibility index (Phi) is 9.08. The van der Waals surface area contributed by atoms with Crippen LogP contribution in [0.1, 0.15) is 37.0 Å². The summed E-state index contributed by atoms with van der Waals surface area (Å²) in [6, 6.07) is 26.3. The van der Waals surface area contributed by atoms with Crippen molar-refractivity contribution in [2.24, 2.45) is 0 Å². The highest BCUT2D eigenvalue weighted by atomic mass is 35.5. The van der Waals surface area contributed by atoms with E-state index < -0.39 is 6.04 Å². The average Bonchev–Trinajstić information content (AvgIpc) is 2.83. The first-order valence-corrected chi connectivity index (χ1v) is 11.8. The van der Waals surface area contributed by atoms with Gasteiger partial charge < -0.3 is 10.2 Å². The molecule has 4 nitrogen and oxygen atoms in total. The van der Waals surface area contributed by atoms with Crippen molar-refractivity contribution in [1.29, 1.82) is 0 Å². The van der Waals surface area contributed by atoms with E-state index in [2.05, 4.69) is 5.32 Å². The monoisotopic (exact) mass is 462 g/mol. The van der Waals surface area contributed by atoms with Gasteiger partial charge in [-0.25, -0.2) is 0 Å². The molecule has 0 fully saturated rings. The lowest BCUT2D eigenvalue weighted by molar-refractivity contribution is -0.141. The number of hydrogen-bond donors (Lipinski definition) is 1. The van der Waals surface area contributed by atoms with E-state index in [-0.39, 0.29) is 24.3 Å². The quantitative estimate of drug-likeness (QED) is 0.436. The lowest BCUT2D eigenvalue weighted by atomic mass is 10.0. The molecule has 0 saturated heterocycles.